The second-order valence-corrected chi connectivity index (χ2v) is 14.1. The van der Waals surface area contributed by atoms with Crippen molar-refractivity contribution in [1.29, 1.82) is 4.78 Å². The summed E-state index contributed by atoms with van der Waals surface area (Å²) in [6.45, 7) is 0. The van der Waals surface area contributed by atoms with Gasteiger partial charge in [-0.05, 0) is 48.6 Å². The first kappa shape index (κ1) is 24.1. The van der Waals surface area contributed by atoms with Crippen molar-refractivity contribution in [2.75, 3.05) is 12.0 Å². The third-order valence-electron chi connectivity index (χ3n) is 5.72. The Kier molecular flexibility index (Phi) is 6.09. The summed E-state index contributed by atoms with van der Waals surface area (Å²) in [6.07, 6.45) is 4.15. The molecule has 3 aromatic heterocycles. The second kappa shape index (κ2) is 8.82. The van der Waals surface area contributed by atoms with E-state index in [1.807, 2.05) is 24.3 Å². The number of aromatic nitrogens is 2. The van der Waals surface area contributed by atoms with E-state index in [0.29, 0.717) is 39.0 Å². The van der Waals surface area contributed by atoms with Crippen LogP contribution in [0.15, 0.2) is 59.6 Å². The van der Waals surface area contributed by atoms with Gasteiger partial charge in [-0.15, -0.1) is 11.3 Å². The number of fused-ring (bicyclic) bond motifs is 1. The fourth-order valence-electron chi connectivity index (χ4n) is 3.79. The lowest BCUT2D eigenvalue weighted by Gasteiger charge is -2.18. The van der Waals surface area contributed by atoms with Gasteiger partial charge in [-0.25, -0.2) is 27.1 Å². The van der Waals surface area contributed by atoms with Crippen molar-refractivity contribution in [3.8, 4) is 11.3 Å². The average Bonchev–Trinajstić information content (AvgIpc) is 3.58. The molecule has 0 saturated heterocycles. The number of pyridine rings is 2. The molecule has 0 radical (unpaired) electrons. The van der Waals surface area contributed by atoms with Crippen LogP contribution in [0.2, 0.25) is 5.02 Å². The van der Waals surface area contributed by atoms with Crippen molar-refractivity contribution in [2.24, 2.45) is 0 Å². The minimum absolute atomic E-state index is 0.237. The molecule has 1 aromatic carbocycles. The summed E-state index contributed by atoms with van der Waals surface area (Å²) in [7, 11) is -6.49. The number of nitrogen functional groups attached to an aromatic ring is 1. The smallest absolute Gasteiger partial charge is 0.215 e. The number of rotatable bonds is 7. The maximum Gasteiger partial charge on any atom is 0.215 e. The van der Waals surface area contributed by atoms with E-state index in [9.17, 15) is 12.6 Å². The molecule has 8 nitrogen and oxygen atoms in total. The lowest BCUT2D eigenvalue weighted by Crippen LogP contribution is -2.32. The number of hydrogen-bond donors (Lipinski definition) is 3. The maximum atomic E-state index is 12.9. The Morgan fingerprint density at radius 1 is 1.17 bits per heavy atom. The normalized spacial score (nSPS) is 16.7. The summed E-state index contributed by atoms with van der Waals surface area (Å²) in [5.74, 6) is 0.237. The molecule has 1 saturated carbocycles. The number of thiophene rings is 1. The molecule has 1 fully saturated rings. The number of hydrogen-bond acceptors (Lipinski definition) is 8. The molecule has 35 heavy (non-hydrogen) atoms. The number of benzene rings is 1. The fourth-order valence-corrected chi connectivity index (χ4v) is 7.49. The van der Waals surface area contributed by atoms with Crippen LogP contribution >= 0.6 is 22.9 Å². The predicted octanol–water partition coefficient (Wildman–Crippen LogP) is 4.80. The zero-order valence-electron chi connectivity index (χ0n) is 18.6. The van der Waals surface area contributed by atoms with Gasteiger partial charge in [0.15, 0.2) is 0 Å². The van der Waals surface area contributed by atoms with E-state index in [0.717, 1.165) is 15.6 Å². The topological polar surface area (TPSA) is 139 Å². The van der Waals surface area contributed by atoms with Crippen molar-refractivity contribution in [2.45, 2.75) is 29.0 Å². The molecule has 4 N–H and O–H groups in total. The molecule has 0 aliphatic heterocycles. The van der Waals surface area contributed by atoms with Crippen LogP contribution in [-0.4, -0.2) is 34.1 Å². The Hall–Kier alpha value is -2.57. The van der Waals surface area contributed by atoms with E-state index >= 15 is 0 Å². The summed E-state index contributed by atoms with van der Waals surface area (Å²) in [5.41, 5.74) is 7.62. The number of anilines is 1. The van der Waals surface area contributed by atoms with Gasteiger partial charge < -0.3 is 5.73 Å². The van der Waals surface area contributed by atoms with Crippen molar-refractivity contribution in [3.63, 3.8) is 0 Å². The minimum atomic E-state index is -3.58. The highest BCUT2D eigenvalue weighted by Crippen LogP contribution is 2.41. The van der Waals surface area contributed by atoms with Gasteiger partial charge in [0, 0.05) is 27.6 Å². The Morgan fingerprint density at radius 2 is 1.94 bits per heavy atom. The van der Waals surface area contributed by atoms with E-state index in [4.69, 9.17) is 22.1 Å². The van der Waals surface area contributed by atoms with Crippen molar-refractivity contribution >= 4 is 58.6 Å². The molecule has 182 valence electrons. The fraction of sp³-hybridized carbons (Fsp3) is 0.217. The zero-order chi connectivity index (χ0) is 25.0. The van der Waals surface area contributed by atoms with E-state index in [2.05, 4.69) is 14.7 Å². The SMILES string of the molecule is C[S@@](=N)(=O)c1ccnc(-c2cccc3cc([C@H](NS(=O)(=O)C4CC4)c4nc(N)ccc4Cl)sc23)c1. The molecule has 1 aliphatic rings. The maximum absolute atomic E-state index is 12.9. The molecular weight excluding hydrogens is 526 g/mol. The van der Waals surface area contributed by atoms with Crippen LogP contribution in [0, 0.1) is 4.78 Å². The predicted molar refractivity (Wildman–Crippen MR) is 141 cm³/mol. The standard InChI is InChI=1S/C23H22ClN5O3S3/c1-34(26,30)15-9-10-27-18(12-15)16-4-2-3-13-11-19(33-23(13)16)22(29-35(31,32)14-5-6-14)21-17(24)7-8-20(25)28-21/h2-4,7-12,14,22,26,29H,5-6H2,1H3,(H2,25,28)/t22-,34+/m0/s1. The molecule has 0 bridgehead atoms. The molecule has 0 spiro atoms. The first-order valence-electron chi connectivity index (χ1n) is 10.7. The number of halogens is 1. The average molecular weight is 548 g/mol. The summed E-state index contributed by atoms with van der Waals surface area (Å²) in [6, 6.07) is 13.2. The highest BCUT2D eigenvalue weighted by molar-refractivity contribution is 7.91. The molecular formula is C23H22ClN5O3S3. The van der Waals surface area contributed by atoms with E-state index in [1.165, 1.54) is 17.6 Å². The van der Waals surface area contributed by atoms with Crippen molar-refractivity contribution in [3.05, 3.63) is 70.3 Å². The largest absolute Gasteiger partial charge is 0.384 e. The lowest BCUT2D eigenvalue weighted by molar-refractivity contribution is 0.570. The van der Waals surface area contributed by atoms with Gasteiger partial charge in [0.25, 0.3) is 0 Å². The third kappa shape index (κ3) is 4.91. The van der Waals surface area contributed by atoms with Crippen molar-refractivity contribution < 1.29 is 12.6 Å². The number of sulfonamides is 1. The molecule has 1 aliphatic carbocycles. The summed E-state index contributed by atoms with van der Waals surface area (Å²) < 4.78 is 49.7. The first-order chi connectivity index (χ1) is 16.5. The van der Waals surface area contributed by atoms with Crippen LogP contribution in [0.4, 0.5) is 5.82 Å². The van der Waals surface area contributed by atoms with Gasteiger partial charge in [0.05, 0.1) is 42.3 Å². The number of nitrogens with one attached hydrogen (secondary N) is 2. The monoisotopic (exact) mass is 547 g/mol. The minimum Gasteiger partial charge on any atom is -0.384 e. The van der Waals surface area contributed by atoms with Gasteiger partial charge in [-0.3, -0.25) is 4.98 Å². The first-order valence-corrected chi connectivity index (χ1v) is 15.4. The second-order valence-electron chi connectivity index (χ2n) is 8.49. The van der Waals surface area contributed by atoms with E-state index in [1.54, 1.807) is 30.5 Å². The number of nitrogens with zero attached hydrogens (tertiary/aromatic N) is 2. The van der Waals surface area contributed by atoms with Crippen LogP contribution in [0.3, 0.4) is 0 Å². The number of nitrogens with two attached hydrogens (primary N) is 1. The molecule has 0 amide bonds. The summed E-state index contributed by atoms with van der Waals surface area (Å²) >= 11 is 7.85. The van der Waals surface area contributed by atoms with Crippen LogP contribution in [0.1, 0.15) is 29.5 Å². The van der Waals surface area contributed by atoms with Gasteiger partial charge in [0.1, 0.15) is 5.82 Å². The molecule has 4 aromatic rings. The van der Waals surface area contributed by atoms with Gasteiger partial charge >= 0.3 is 0 Å². The molecule has 0 unspecified atom stereocenters. The van der Waals surface area contributed by atoms with Crippen LogP contribution in [0.5, 0.6) is 0 Å². The highest BCUT2D eigenvalue weighted by atomic mass is 35.5. The molecule has 2 atom stereocenters. The Balaban J connectivity index is 1.66. The van der Waals surface area contributed by atoms with Crippen LogP contribution < -0.4 is 10.5 Å². The van der Waals surface area contributed by atoms with Crippen LogP contribution in [-0.2, 0) is 19.8 Å². The summed E-state index contributed by atoms with van der Waals surface area (Å²) in [4.78, 5) is 9.89. The molecule has 3 heterocycles. The van der Waals surface area contributed by atoms with E-state index in [-0.39, 0.29) is 5.82 Å². The van der Waals surface area contributed by atoms with Gasteiger partial charge in [-0.2, -0.15) is 0 Å². The lowest BCUT2D eigenvalue weighted by atomic mass is 10.1. The van der Waals surface area contributed by atoms with Crippen molar-refractivity contribution in [1.82, 2.24) is 14.7 Å². The summed E-state index contributed by atoms with van der Waals surface area (Å²) in [5, 5.41) is 0.770. The zero-order valence-corrected chi connectivity index (χ0v) is 21.8. The highest BCUT2D eigenvalue weighted by Gasteiger charge is 2.38. The Bertz CT molecular complexity index is 1660. The molecule has 12 heteroatoms. The Labute approximate surface area is 212 Å². The van der Waals surface area contributed by atoms with Gasteiger partial charge in [0.2, 0.25) is 10.0 Å². The van der Waals surface area contributed by atoms with Gasteiger partial charge in [-0.1, -0.05) is 29.8 Å². The molecule has 5 rings (SSSR count). The Morgan fingerprint density at radius 3 is 2.66 bits per heavy atom. The quantitative estimate of drug-likeness (QED) is 0.303. The van der Waals surface area contributed by atoms with E-state index < -0.39 is 31.0 Å². The van der Waals surface area contributed by atoms with Crippen LogP contribution in [0.25, 0.3) is 21.3 Å². The third-order valence-corrected chi connectivity index (χ3v) is 10.4.